The van der Waals surface area contributed by atoms with Gasteiger partial charge in [0.05, 0.1) is 3.79 Å². The highest BCUT2D eigenvalue weighted by atomic mass is 79.9. The van der Waals surface area contributed by atoms with E-state index in [9.17, 15) is 4.79 Å². The van der Waals surface area contributed by atoms with Gasteiger partial charge in [-0.3, -0.25) is 4.79 Å². The Morgan fingerprint density at radius 1 is 1.59 bits per heavy atom. The zero-order valence-electron chi connectivity index (χ0n) is 9.92. The molecule has 5 heteroatoms. The Morgan fingerprint density at radius 3 is 2.76 bits per heavy atom. The molecule has 1 amide bonds. The first-order chi connectivity index (χ1) is 8.08. The molecule has 1 aliphatic rings. The van der Waals surface area contributed by atoms with Crippen molar-refractivity contribution in [3.8, 4) is 0 Å². The molecule has 1 aliphatic heterocycles. The molecule has 1 aromatic rings. The molecule has 2 rings (SSSR count). The second kappa shape index (κ2) is 5.33. The molecule has 0 saturated carbocycles. The molecule has 0 aliphatic carbocycles. The molecule has 1 N–H and O–H groups in total. The maximum absolute atomic E-state index is 12.1. The average molecular weight is 315 g/mol. The lowest BCUT2D eigenvalue weighted by Gasteiger charge is -2.24. The van der Waals surface area contributed by atoms with Gasteiger partial charge in [0, 0.05) is 32.3 Å². The summed E-state index contributed by atoms with van der Waals surface area (Å²) in [6.07, 6.45) is 0. The maximum atomic E-state index is 12.1. The summed E-state index contributed by atoms with van der Waals surface area (Å²) in [6.45, 7) is 4.29. The van der Waals surface area contributed by atoms with Crippen molar-refractivity contribution in [2.45, 2.75) is 13.5 Å². The quantitative estimate of drug-likeness (QED) is 0.869. The lowest BCUT2D eigenvalue weighted by atomic mass is 10.0. The van der Waals surface area contributed by atoms with Gasteiger partial charge in [-0.1, -0.05) is 0 Å². The molecule has 2 heterocycles. The summed E-state index contributed by atoms with van der Waals surface area (Å²) in [6, 6.07) is 2.06. The van der Waals surface area contributed by atoms with Crippen LogP contribution in [0.5, 0.6) is 0 Å². The maximum Gasteiger partial charge on any atom is 0.249 e. The van der Waals surface area contributed by atoms with Gasteiger partial charge in [-0.15, -0.1) is 11.3 Å². The number of carbonyl (C=O) groups excluding carboxylic acids is 1. The molecule has 0 unspecified atom stereocenters. The molecule has 0 aromatic carbocycles. The van der Waals surface area contributed by atoms with E-state index >= 15 is 0 Å². The Labute approximate surface area is 114 Å². The zero-order valence-corrected chi connectivity index (χ0v) is 12.3. The van der Waals surface area contributed by atoms with Gasteiger partial charge < -0.3 is 10.2 Å². The van der Waals surface area contributed by atoms with Gasteiger partial charge in [-0.25, -0.2) is 0 Å². The summed E-state index contributed by atoms with van der Waals surface area (Å²) in [5.74, 6) is 0.129. The molecule has 0 radical (unpaired) electrons. The SMILES string of the molecule is CC(C(=O)N(C)Cc1csc(Br)c1)=C1CNC1. The summed E-state index contributed by atoms with van der Waals surface area (Å²) in [4.78, 5) is 13.9. The van der Waals surface area contributed by atoms with Gasteiger partial charge in [-0.05, 0) is 45.4 Å². The van der Waals surface area contributed by atoms with Crippen LogP contribution in [0, 0.1) is 0 Å². The van der Waals surface area contributed by atoms with Gasteiger partial charge in [0.25, 0.3) is 0 Å². The minimum atomic E-state index is 0.129. The van der Waals surface area contributed by atoms with Gasteiger partial charge in [-0.2, -0.15) is 0 Å². The van der Waals surface area contributed by atoms with Crippen LogP contribution in [0.15, 0.2) is 26.4 Å². The van der Waals surface area contributed by atoms with Crippen molar-refractivity contribution in [2.24, 2.45) is 0 Å². The third-order valence-corrected chi connectivity index (χ3v) is 4.47. The zero-order chi connectivity index (χ0) is 12.4. The number of hydrogen-bond donors (Lipinski definition) is 1. The average Bonchev–Trinajstić information content (AvgIpc) is 2.60. The molecule has 1 fully saturated rings. The number of hydrogen-bond acceptors (Lipinski definition) is 3. The number of rotatable bonds is 3. The smallest absolute Gasteiger partial charge is 0.249 e. The van der Waals surface area contributed by atoms with E-state index in [0.717, 1.165) is 22.4 Å². The van der Waals surface area contributed by atoms with Crippen LogP contribution in [0.3, 0.4) is 0 Å². The lowest BCUT2D eigenvalue weighted by molar-refractivity contribution is -0.126. The Hall–Kier alpha value is -0.650. The molecule has 92 valence electrons. The van der Waals surface area contributed by atoms with Crippen LogP contribution < -0.4 is 5.32 Å². The van der Waals surface area contributed by atoms with E-state index < -0.39 is 0 Å². The van der Waals surface area contributed by atoms with Crippen molar-refractivity contribution in [1.29, 1.82) is 0 Å². The Morgan fingerprint density at radius 2 is 2.29 bits per heavy atom. The largest absolute Gasteiger partial charge is 0.338 e. The highest BCUT2D eigenvalue weighted by molar-refractivity contribution is 9.11. The minimum Gasteiger partial charge on any atom is -0.338 e. The standard InChI is InChI=1S/C12H15BrN2OS/c1-8(10-4-14-5-10)12(16)15(2)6-9-3-11(13)17-7-9/h3,7,14H,4-6H2,1-2H3. The predicted molar refractivity (Wildman–Crippen MR) is 74.1 cm³/mol. The molecule has 3 nitrogen and oxygen atoms in total. The fraction of sp³-hybridized carbons (Fsp3) is 0.417. The molecule has 1 saturated heterocycles. The Kier molecular flexibility index (Phi) is 4.01. The predicted octanol–water partition coefficient (Wildman–Crippen LogP) is 2.39. The number of amides is 1. The highest BCUT2D eigenvalue weighted by Gasteiger charge is 2.19. The molecule has 0 spiro atoms. The van der Waals surface area contributed by atoms with E-state index in [-0.39, 0.29) is 5.91 Å². The van der Waals surface area contributed by atoms with Gasteiger partial charge in [0.2, 0.25) is 5.91 Å². The first-order valence-electron chi connectivity index (χ1n) is 5.45. The van der Waals surface area contributed by atoms with Crippen LogP contribution in [-0.4, -0.2) is 30.9 Å². The van der Waals surface area contributed by atoms with Crippen LogP contribution in [0.4, 0.5) is 0 Å². The third kappa shape index (κ3) is 2.97. The van der Waals surface area contributed by atoms with Crippen molar-refractivity contribution in [3.63, 3.8) is 0 Å². The molecular weight excluding hydrogens is 300 g/mol. The number of thiophene rings is 1. The van der Waals surface area contributed by atoms with Gasteiger partial charge in [0.15, 0.2) is 0 Å². The number of nitrogens with zero attached hydrogens (tertiary/aromatic N) is 1. The fourth-order valence-corrected chi connectivity index (χ4v) is 2.93. The van der Waals surface area contributed by atoms with Crippen molar-refractivity contribution < 1.29 is 4.79 Å². The fourth-order valence-electron chi connectivity index (χ4n) is 1.73. The van der Waals surface area contributed by atoms with Crippen LogP contribution in [-0.2, 0) is 11.3 Å². The van der Waals surface area contributed by atoms with Crippen molar-refractivity contribution in [3.05, 3.63) is 31.9 Å². The number of carbonyl (C=O) groups is 1. The van der Waals surface area contributed by atoms with Crippen molar-refractivity contribution in [1.82, 2.24) is 10.2 Å². The van der Waals surface area contributed by atoms with Crippen LogP contribution in [0.2, 0.25) is 0 Å². The topological polar surface area (TPSA) is 32.3 Å². The number of halogens is 1. The number of likely N-dealkylation sites (N-methyl/N-ethyl adjacent to an activating group) is 1. The summed E-state index contributed by atoms with van der Waals surface area (Å²) in [5.41, 5.74) is 3.29. The minimum absolute atomic E-state index is 0.129. The van der Waals surface area contributed by atoms with E-state index in [4.69, 9.17) is 0 Å². The summed E-state index contributed by atoms with van der Waals surface area (Å²) < 4.78 is 1.10. The summed E-state index contributed by atoms with van der Waals surface area (Å²) in [7, 11) is 1.85. The highest BCUT2D eigenvalue weighted by Crippen LogP contribution is 2.22. The lowest BCUT2D eigenvalue weighted by Crippen LogP contribution is -2.38. The first kappa shape index (κ1) is 12.8. The monoisotopic (exact) mass is 314 g/mol. The second-order valence-electron chi connectivity index (χ2n) is 4.25. The molecule has 17 heavy (non-hydrogen) atoms. The third-order valence-electron chi connectivity index (χ3n) is 2.92. The summed E-state index contributed by atoms with van der Waals surface area (Å²) in [5, 5.41) is 5.23. The van der Waals surface area contributed by atoms with E-state index in [1.165, 1.54) is 11.1 Å². The molecule has 0 atom stereocenters. The number of nitrogens with one attached hydrogen (secondary N) is 1. The van der Waals surface area contributed by atoms with Crippen LogP contribution in [0.25, 0.3) is 0 Å². The summed E-state index contributed by atoms with van der Waals surface area (Å²) >= 11 is 5.07. The van der Waals surface area contributed by atoms with E-state index in [1.807, 2.05) is 14.0 Å². The van der Waals surface area contributed by atoms with E-state index in [1.54, 1.807) is 16.2 Å². The van der Waals surface area contributed by atoms with E-state index in [0.29, 0.717) is 6.54 Å². The normalized spacial score (nSPS) is 14.4. The van der Waals surface area contributed by atoms with Crippen molar-refractivity contribution in [2.75, 3.05) is 20.1 Å². The molecular formula is C12H15BrN2OS. The Balaban J connectivity index is 2.00. The molecule has 0 bridgehead atoms. The van der Waals surface area contributed by atoms with Gasteiger partial charge >= 0.3 is 0 Å². The van der Waals surface area contributed by atoms with Crippen LogP contribution >= 0.6 is 27.3 Å². The molecule has 1 aromatic heterocycles. The first-order valence-corrected chi connectivity index (χ1v) is 7.13. The van der Waals surface area contributed by atoms with Gasteiger partial charge in [0.1, 0.15) is 0 Å². The second-order valence-corrected chi connectivity index (χ2v) is 6.54. The van der Waals surface area contributed by atoms with Crippen molar-refractivity contribution >= 4 is 33.2 Å². The van der Waals surface area contributed by atoms with E-state index in [2.05, 4.69) is 32.7 Å². The van der Waals surface area contributed by atoms with Crippen LogP contribution in [0.1, 0.15) is 12.5 Å². The Bertz CT molecular complexity index is 461.